The van der Waals surface area contributed by atoms with Gasteiger partial charge >= 0.3 is 12.2 Å². The summed E-state index contributed by atoms with van der Waals surface area (Å²) in [6.07, 6.45) is 2.75. The first-order valence-electron chi connectivity index (χ1n) is 13.6. The Balaban J connectivity index is 1.70. The summed E-state index contributed by atoms with van der Waals surface area (Å²) in [5.74, 6) is -0.376. The van der Waals surface area contributed by atoms with Crippen LogP contribution in [0.1, 0.15) is 71.2 Å². The average molecular weight is 543 g/mol. The summed E-state index contributed by atoms with van der Waals surface area (Å²) in [4.78, 5) is 33.5. The molecule has 0 fully saturated rings. The second kappa shape index (κ2) is 13.2. The van der Waals surface area contributed by atoms with Crippen molar-refractivity contribution in [3.05, 3.63) is 65.2 Å². The van der Waals surface area contributed by atoms with E-state index in [1.54, 1.807) is 6.07 Å². The van der Waals surface area contributed by atoms with E-state index in [2.05, 4.69) is 27.3 Å². The zero-order valence-electron chi connectivity index (χ0n) is 24.1. The number of ether oxygens (including phenoxy) is 2. The third-order valence-corrected chi connectivity index (χ3v) is 6.20. The first-order valence-corrected chi connectivity index (χ1v) is 13.6. The Kier molecular flexibility index (Phi) is 10.3. The molecule has 1 N–H and O–H groups in total. The molecule has 8 nitrogen and oxygen atoms in total. The van der Waals surface area contributed by atoms with Crippen molar-refractivity contribution in [2.75, 3.05) is 19.6 Å². The number of rotatable bonds is 9. The minimum atomic E-state index is -0.600. The Morgan fingerprint density at radius 2 is 1.72 bits per heavy atom. The number of unbranched alkanes of at least 4 members (excludes halogenated alkanes) is 1. The lowest BCUT2D eigenvalue weighted by Gasteiger charge is -2.40. The molecule has 1 aliphatic rings. The number of pyridine rings is 1. The van der Waals surface area contributed by atoms with E-state index in [0.29, 0.717) is 32.6 Å². The molecule has 9 heteroatoms. The van der Waals surface area contributed by atoms with Gasteiger partial charge in [0.15, 0.2) is 0 Å². The van der Waals surface area contributed by atoms with Gasteiger partial charge in [-0.25, -0.2) is 14.0 Å². The van der Waals surface area contributed by atoms with E-state index in [0.717, 1.165) is 30.6 Å². The largest absolute Gasteiger partial charge is 0.444 e. The number of hydrogen-bond donors (Lipinski definition) is 1. The Labute approximate surface area is 231 Å². The van der Waals surface area contributed by atoms with Gasteiger partial charge in [0.25, 0.3) is 0 Å². The van der Waals surface area contributed by atoms with Crippen LogP contribution in [0.4, 0.5) is 14.0 Å². The minimum Gasteiger partial charge on any atom is -0.444 e. The quantitative estimate of drug-likeness (QED) is 0.410. The molecule has 2 heterocycles. The predicted octanol–water partition coefficient (Wildman–Crippen LogP) is 5.69. The average Bonchev–Trinajstić information content (AvgIpc) is 2.82. The molecule has 0 aliphatic carbocycles. The van der Waals surface area contributed by atoms with Crippen LogP contribution in [-0.4, -0.2) is 63.8 Å². The van der Waals surface area contributed by atoms with Crippen LogP contribution in [0.3, 0.4) is 0 Å². The summed E-state index contributed by atoms with van der Waals surface area (Å²) < 4.78 is 24.6. The van der Waals surface area contributed by atoms with Crippen molar-refractivity contribution in [1.82, 2.24) is 20.1 Å². The third-order valence-electron chi connectivity index (χ3n) is 6.20. The van der Waals surface area contributed by atoms with E-state index in [9.17, 15) is 14.0 Å². The summed E-state index contributed by atoms with van der Waals surface area (Å²) in [6.45, 7) is 13.9. The standard InChI is InChI=1S/C30H43FN4O4/c1-29(2,3)38-27(36)32-15-9-10-16-34(20-25-14-13-24(31)18-33-25)21-26-17-22-11-7-8-12-23(22)19-35(26)28(37)39-30(4,5)6/h7-8,11-14,18,26H,9-10,15-17,19-21H2,1-6H3,(H,32,36)/t26-/m1/s1. The zero-order valence-corrected chi connectivity index (χ0v) is 24.1. The molecule has 1 atom stereocenters. The smallest absolute Gasteiger partial charge is 0.410 e. The molecule has 1 aromatic carbocycles. The number of carbonyl (C=O) groups is 2. The maximum absolute atomic E-state index is 13.5. The zero-order chi connectivity index (χ0) is 28.6. The van der Waals surface area contributed by atoms with Crippen molar-refractivity contribution >= 4 is 12.2 Å². The molecule has 0 saturated carbocycles. The molecule has 0 spiro atoms. The monoisotopic (exact) mass is 542 g/mol. The number of fused-ring (bicyclic) bond motifs is 1. The highest BCUT2D eigenvalue weighted by Gasteiger charge is 2.34. The van der Waals surface area contributed by atoms with Crippen molar-refractivity contribution < 1.29 is 23.5 Å². The van der Waals surface area contributed by atoms with E-state index in [1.165, 1.54) is 17.8 Å². The molecule has 2 amide bonds. The fourth-order valence-electron chi connectivity index (χ4n) is 4.51. The van der Waals surface area contributed by atoms with Crippen LogP contribution in [0, 0.1) is 5.82 Å². The number of amides is 2. The lowest BCUT2D eigenvalue weighted by atomic mass is 9.94. The highest BCUT2D eigenvalue weighted by atomic mass is 19.1. The normalized spacial score (nSPS) is 15.6. The topological polar surface area (TPSA) is 84.0 Å². The van der Waals surface area contributed by atoms with E-state index in [4.69, 9.17) is 9.47 Å². The summed E-state index contributed by atoms with van der Waals surface area (Å²) in [6, 6.07) is 11.2. The molecule has 0 bridgehead atoms. The van der Waals surface area contributed by atoms with Crippen molar-refractivity contribution in [2.45, 2.75) is 91.1 Å². The van der Waals surface area contributed by atoms with Crippen molar-refractivity contribution in [3.8, 4) is 0 Å². The molecule has 1 aliphatic heterocycles. The second-order valence-electron chi connectivity index (χ2n) is 12.1. The van der Waals surface area contributed by atoms with Crippen LogP contribution < -0.4 is 5.32 Å². The summed E-state index contributed by atoms with van der Waals surface area (Å²) in [5, 5.41) is 2.80. The van der Waals surface area contributed by atoms with Gasteiger partial charge in [-0.1, -0.05) is 24.3 Å². The van der Waals surface area contributed by atoms with E-state index < -0.39 is 17.3 Å². The number of hydrogen-bond acceptors (Lipinski definition) is 6. The molecule has 2 aromatic rings. The van der Waals surface area contributed by atoms with Gasteiger partial charge in [0.05, 0.1) is 17.9 Å². The van der Waals surface area contributed by atoms with Gasteiger partial charge in [0, 0.05) is 26.2 Å². The lowest BCUT2D eigenvalue weighted by molar-refractivity contribution is 0.00707. The number of alkyl carbamates (subject to hydrolysis) is 1. The van der Waals surface area contributed by atoms with Crippen LogP contribution in [-0.2, 0) is 29.0 Å². The number of nitrogens with zero attached hydrogens (tertiary/aromatic N) is 3. The summed E-state index contributed by atoms with van der Waals surface area (Å²) in [5.41, 5.74) is 1.96. The number of benzene rings is 1. The molecular weight excluding hydrogens is 499 g/mol. The molecular formula is C30H43FN4O4. The van der Waals surface area contributed by atoms with Crippen LogP contribution in [0.15, 0.2) is 42.6 Å². The van der Waals surface area contributed by atoms with Crippen molar-refractivity contribution in [1.29, 1.82) is 0 Å². The van der Waals surface area contributed by atoms with Gasteiger partial charge in [-0.15, -0.1) is 0 Å². The molecule has 1 aromatic heterocycles. The van der Waals surface area contributed by atoms with Crippen molar-refractivity contribution in [3.63, 3.8) is 0 Å². The highest BCUT2D eigenvalue weighted by molar-refractivity contribution is 5.69. The highest BCUT2D eigenvalue weighted by Crippen LogP contribution is 2.26. The molecule has 0 unspecified atom stereocenters. The Morgan fingerprint density at radius 3 is 2.36 bits per heavy atom. The van der Waals surface area contributed by atoms with Crippen molar-refractivity contribution in [2.24, 2.45) is 0 Å². The van der Waals surface area contributed by atoms with Gasteiger partial charge in [0.1, 0.15) is 17.0 Å². The first kappa shape index (κ1) is 30.3. The van der Waals surface area contributed by atoms with Crippen LogP contribution in [0.5, 0.6) is 0 Å². The molecule has 0 saturated heterocycles. The van der Waals surface area contributed by atoms with Gasteiger partial charge in [-0.2, -0.15) is 0 Å². The first-order chi connectivity index (χ1) is 18.3. The van der Waals surface area contributed by atoms with Crippen LogP contribution >= 0.6 is 0 Å². The minimum absolute atomic E-state index is 0.102. The van der Waals surface area contributed by atoms with E-state index in [1.807, 2.05) is 58.6 Å². The maximum Gasteiger partial charge on any atom is 0.410 e. The number of aromatic nitrogens is 1. The second-order valence-corrected chi connectivity index (χ2v) is 12.1. The van der Waals surface area contributed by atoms with Gasteiger partial charge in [0.2, 0.25) is 0 Å². The SMILES string of the molecule is CC(C)(C)OC(=O)NCCCCN(Cc1ccc(F)cn1)C[C@H]1Cc2ccccc2CN1C(=O)OC(C)(C)C. The summed E-state index contributed by atoms with van der Waals surface area (Å²) in [7, 11) is 0. The molecule has 214 valence electrons. The number of carbonyl (C=O) groups excluding carboxylic acids is 2. The third kappa shape index (κ3) is 10.5. The molecule has 3 rings (SSSR count). The van der Waals surface area contributed by atoms with Crippen LogP contribution in [0.2, 0.25) is 0 Å². The lowest BCUT2D eigenvalue weighted by Crippen LogP contribution is -2.51. The molecule has 0 radical (unpaired) electrons. The van der Waals surface area contributed by atoms with Gasteiger partial charge in [-0.3, -0.25) is 14.8 Å². The number of halogens is 1. The Bertz CT molecular complexity index is 1100. The Morgan fingerprint density at radius 1 is 1.03 bits per heavy atom. The van der Waals surface area contributed by atoms with Crippen LogP contribution in [0.25, 0.3) is 0 Å². The molecule has 39 heavy (non-hydrogen) atoms. The van der Waals surface area contributed by atoms with E-state index in [-0.39, 0.29) is 18.0 Å². The predicted molar refractivity (Wildman–Crippen MR) is 149 cm³/mol. The summed E-state index contributed by atoms with van der Waals surface area (Å²) >= 11 is 0. The Hall–Kier alpha value is -3.20. The van der Waals surface area contributed by atoms with E-state index >= 15 is 0 Å². The van der Waals surface area contributed by atoms with Gasteiger partial charge < -0.3 is 14.8 Å². The number of nitrogens with one attached hydrogen (secondary N) is 1. The fraction of sp³-hybridized carbons (Fsp3) is 0.567. The maximum atomic E-state index is 13.5. The van der Waals surface area contributed by atoms with Gasteiger partial charge in [-0.05, 0) is 90.6 Å². The fourth-order valence-corrected chi connectivity index (χ4v) is 4.51.